The van der Waals surface area contributed by atoms with Crippen molar-refractivity contribution in [2.75, 3.05) is 25.6 Å². The van der Waals surface area contributed by atoms with Gasteiger partial charge < -0.3 is 19.0 Å². The van der Waals surface area contributed by atoms with Gasteiger partial charge in [0.25, 0.3) is 0 Å². The molecule has 1 aromatic heterocycles. The molecule has 2 aromatic rings. The zero-order valence-corrected chi connectivity index (χ0v) is 14.8. The minimum absolute atomic E-state index is 0.0896. The Morgan fingerprint density at radius 3 is 2.92 bits per heavy atom. The lowest BCUT2D eigenvalue weighted by atomic mass is 10.1. The van der Waals surface area contributed by atoms with Crippen LogP contribution < -0.4 is 9.64 Å². The van der Waals surface area contributed by atoms with Gasteiger partial charge in [0.15, 0.2) is 0 Å². The maximum Gasteiger partial charge on any atom is 0.228 e. The Balaban J connectivity index is 1.74. The van der Waals surface area contributed by atoms with E-state index in [0.717, 1.165) is 0 Å². The summed E-state index contributed by atoms with van der Waals surface area (Å²) >= 11 is 6.05. The van der Waals surface area contributed by atoms with Crippen molar-refractivity contribution >= 4 is 29.1 Å². The number of hydrogen-bond acceptors (Lipinski definition) is 4. The molecule has 0 saturated carbocycles. The highest BCUT2D eigenvalue weighted by Gasteiger charge is 2.37. The van der Waals surface area contributed by atoms with Gasteiger partial charge in [0, 0.05) is 25.0 Å². The van der Waals surface area contributed by atoms with Gasteiger partial charge in [0.2, 0.25) is 11.8 Å². The first-order valence-corrected chi connectivity index (χ1v) is 8.28. The number of anilines is 1. The summed E-state index contributed by atoms with van der Waals surface area (Å²) in [6.07, 6.45) is 1.73. The van der Waals surface area contributed by atoms with E-state index in [2.05, 4.69) is 0 Å². The van der Waals surface area contributed by atoms with Crippen LogP contribution in [0.5, 0.6) is 5.75 Å². The maximum absolute atomic E-state index is 12.7. The second kappa shape index (κ2) is 7.19. The van der Waals surface area contributed by atoms with E-state index in [9.17, 15) is 9.59 Å². The van der Waals surface area contributed by atoms with Crippen LogP contribution in [0, 0.1) is 5.92 Å². The van der Waals surface area contributed by atoms with Gasteiger partial charge in [0.05, 0.1) is 31.5 Å². The molecule has 7 heteroatoms. The molecule has 2 amide bonds. The van der Waals surface area contributed by atoms with E-state index >= 15 is 0 Å². The molecule has 2 heterocycles. The van der Waals surface area contributed by atoms with Crippen LogP contribution in [0.1, 0.15) is 12.2 Å². The molecular formula is C18H19ClN2O4. The van der Waals surface area contributed by atoms with Crippen LogP contribution >= 0.6 is 11.6 Å². The Hall–Kier alpha value is -2.47. The lowest BCUT2D eigenvalue weighted by Crippen LogP contribution is -2.34. The lowest BCUT2D eigenvalue weighted by molar-refractivity contribution is -0.135. The van der Waals surface area contributed by atoms with E-state index in [0.29, 0.717) is 35.3 Å². The van der Waals surface area contributed by atoms with E-state index < -0.39 is 5.92 Å². The van der Waals surface area contributed by atoms with Gasteiger partial charge in [-0.25, -0.2) is 0 Å². The summed E-state index contributed by atoms with van der Waals surface area (Å²) in [6, 6.07) is 8.68. The zero-order chi connectivity index (χ0) is 18.0. The van der Waals surface area contributed by atoms with Crippen molar-refractivity contribution in [3.63, 3.8) is 0 Å². The molecule has 1 unspecified atom stereocenters. The van der Waals surface area contributed by atoms with Crippen molar-refractivity contribution in [1.82, 2.24) is 4.90 Å². The number of rotatable bonds is 5. The lowest BCUT2D eigenvalue weighted by Gasteiger charge is -2.22. The van der Waals surface area contributed by atoms with Crippen molar-refractivity contribution in [2.24, 2.45) is 5.92 Å². The van der Waals surface area contributed by atoms with Crippen molar-refractivity contribution in [1.29, 1.82) is 0 Å². The fourth-order valence-corrected chi connectivity index (χ4v) is 3.17. The molecule has 25 heavy (non-hydrogen) atoms. The van der Waals surface area contributed by atoms with E-state index in [1.54, 1.807) is 47.4 Å². The summed E-state index contributed by atoms with van der Waals surface area (Å²) in [4.78, 5) is 28.3. The third kappa shape index (κ3) is 3.64. The molecule has 0 N–H and O–H groups in total. The molecule has 1 aliphatic heterocycles. The molecule has 1 atom stereocenters. The maximum atomic E-state index is 12.7. The van der Waals surface area contributed by atoms with Crippen LogP contribution in [-0.2, 0) is 16.1 Å². The fraction of sp³-hybridized carbons (Fsp3) is 0.333. The largest absolute Gasteiger partial charge is 0.495 e. The smallest absolute Gasteiger partial charge is 0.228 e. The third-order valence-corrected chi connectivity index (χ3v) is 4.49. The SMILES string of the molecule is COc1ccc(Cl)cc1N1CC(C(=O)N(C)Cc2ccco2)CC1=O. The topological polar surface area (TPSA) is 63.0 Å². The number of ether oxygens (including phenoxy) is 1. The monoisotopic (exact) mass is 362 g/mol. The Kier molecular flexibility index (Phi) is 4.99. The molecule has 0 spiro atoms. The molecular weight excluding hydrogens is 344 g/mol. The standard InChI is InChI=1S/C18H19ClN2O4/c1-20(11-14-4-3-7-25-14)18(23)12-8-17(22)21(10-12)15-9-13(19)5-6-16(15)24-2/h3-7,9,12H,8,10-11H2,1-2H3. The first-order valence-electron chi connectivity index (χ1n) is 7.91. The highest BCUT2D eigenvalue weighted by molar-refractivity contribution is 6.31. The molecule has 6 nitrogen and oxygen atoms in total. The first-order chi connectivity index (χ1) is 12.0. The fourth-order valence-electron chi connectivity index (χ4n) is 3.01. The van der Waals surface area contributed by atoms with Gasteiger partial charge in [-0.1, -0.05) is 11.6 Å². The third-order valence-electron chi connectivity index (χ3n) is 4.26. The van der Waals surface area contributed by atoms with Crippen LogP contribution in [-0.4, -0.2) is 37.4 Å². The average Bonchev–Trinajstić information content (AvgIpc) is 3.23. The van der Waals surface area contributed by atoms with Gasteiger partial charge >= 0.3 is 0 Å². The molecule has 3 rings (SSSR count). The Morgan fingerprint density at radius 1 is 1.44 bits per heavy atom. The van der Waals surface area contributed by atoms with Crippen LogP contribution in [0.4, 0.5) is 5.69 Å². The van der Waals surface area contributed by atoms with Gasteiger partial charge in [-0.15, -0.1) is 0 Å². The van der Waals surface area contributed by atoms with Gasteiger partial charge in [-0.3, -0.25) is 9.59 Å². The molecule has 0 aliphatic carbocycles. The number of amides is 2. The Labute approximate surface area is 150 Å². The van der Waals surface area contributed by atoms with E-state index in [1.807, 2.05) is 6.07 Å². The zero-order valence-electron chi connectivity index (χ0n) is 14.1. The number of benzene rings is 1. The van der Waals surface area contributed by atoms with Gasteiger partial charge in [-0.05, 0) is 30.3 Å². The quantitative estimate of drug-likeness (QED) is 0.820. The minimum Gasteiger partial charge on any atom is -0.495 e. The molecule has 1 aromatic carbocycles. The highest BCUT2D eigenvalue weighted by atomic mass is 35.5. The minimum atomic E-state index is -0.406. The Bertz CT molecular complexity index is 775. The van der Waals surface area contributed by atoms with Crippen LogP contribution in [0.3, 0.4) is 0 Å². The summed E-state index contributed by atoms with van der Waals surface area (Å²) in [5.74, 6) is 0.637. The summed E-state index contributed by atoms with van der Waals surface area (Å²) < 4.78 is 10.6. The van der Waals surface area contributed by atoms with Gasteiger partial charge in [-0.2, -0.15) is 0 Å². The van der Waals surface area contributed by atoms with E-state index in [-0.39, 0.29) is 18.2 Å². The summed E-state index contributed by atoms with van der Waals surface area (Å²) in [5.41, 5.74) is 0.587. The predicted octanol–water partition coefficient (Wildman–Crippen LogP) is 2.95. The normalized spacial score (nSPS) is 17.0. The van der Waals surface area contributed by atoms with Crippen LogP contribution in [0.2, 0.25) is 5.02 Å². The number of carbonyl (C=O) groups excluding carboxylic acids is 2. The van der Waals surface area contributed by atoms with E-state index in [1.165, 1.54) is 7.11 Å². The molecule has 1 fully saturated rings. The number of methoxy groups -OCH3 is 1. The number of furan rings is 1. The molecule has 132 valence electrons. The van der Waals surface area contributed by atoms with Crippen molar-refractivity contribution in [3.8, 4) is 5.75 Å². The summed E-state index contributed by atoms with van der Waals surface area (Å²) in [6.45, 7) is 0.674. The molecule has 0 bridgehead atoms. The van der Waals surface area contributed by atoms with Crippen molar-refractivity contribution < 1.29 is 18.7 Å². The molecule has 1 aliphatic rings. The summed E-state index contributed by atoms with van der Waals surface area (Å²) in [7, 11) is 3.24. The molecule has 0 radical (unpaired) electrons. The van der Waals surface area contributed by atoms with E-state index in [4.69, 9.17) is 20.8 Å². The van der Waals surface area contributed by atoms with Crippen LogP contribution in [0.15, 0.2) is 41.0 Å². The second-order valence-corrected chi connectivity index (χ2v) is 6.43. The van der Waals surface area contributed by atoms with Crippen molar-refractivity contribution in [2.45, 2.75) is 13.0 Å². The number of nitrogens with zero attached hydrogens (tertiary/aromatic N) is 2. The number of hydrogen-bond donors (Lipinski definition) is 0. The average molecular weight is 363 g/mol. The summed E-state index contributed by atoms with van der Waals surface area (Å²) in [5, 5.41) is 0.508. The molecule has 1 saturated heterocycles. The van der Waals surface area contributed by atoms with Crippen LogP contribution in [0.25, 0.3) is 0 Å². The number of halogens is 1. The highest BCUT2D eigenvalue weighted by Crippen LogP contribution is 2.35. The first kappa shape index (κ1) is 17.4. The predicted molar refractivity (Wildman–Crippen MR) is 93.6 cm³/mol. The Morgan fingerprint density at radius 2 is 2.24 bits per heavy atom. The van der Waals surface area contributed by atoms with Gasteiger partial charge in [0.1, 0.15) is 11.5 Å². The van der Waals surface area contributed by atoms with Crippen molar-refractivity contribution in [3.05, 3.63) is 47.4 Å². The second-order valence-electron chi connectivity index (χ2n) is 6.00. The number of carbonyl (C=O) groups is 2.